The van der Waals surface area contributed by atoms with Crippen molar-refractivity contribution in [2.75, 3.05) is 6.61 Å². The fourth-order valence-corrected chi connectivity index (χ4v) is 2.65. The maximum atomic E-state index is 9.71. The molecule has 0 radical (unpaired) electrons. The maximum absolute atomic E-state index is 9.71. The molecule has 0 fully saturated rings. The van der Waals surface area contributed by atoms with Crippen LogP contribution in [-0.2, 0) is 6.42 Å². The quantitative estimate of drug-likeness (QED) is 0.715. The van der Waals surface area contributed by atoms with E-state index in [1.54, 1.807) is 0 Å². The van der Waals surface area contributed by atoms with E-state index in [1.165, 1.54) is 16.7 Å². The molecule has 1 heterocycles. The van der Waals surface area contributed by atoms with Crippen LogP contribution in [0, 0.1) is 0 Å². The van der Waals surface area contributed by atoms with Gasteiger partial charge in [-0.05, 0) is 16.7 Å². The summed E-state index contributed by atoms with van der Waals surface area (Å²) in [4.78, 5) is 0. The molecule has 22 heavy (non-hydrogen) atoms. The fraction of sp³-hybridized carbons (Fsp3) is 0.150. The van der Waals surface area contributed by atoms with Crippen molar-refractivity contribution in [3.8, 4) is 11.1 Å². The average molecular weight is 290 g/mol. The van der Waals surface area contributed by atoms with Crippen molar-refractivity contribution in [3.05, 3.63) is 90.8 Å². The summed E-state index contributed by atoms with van der Waals surface area (Å²) >= 11 is 0. The first-order valence-corrected chi connectivity index (χ1v) is 7.58. The van der Waals surface area contributed by atoms with Crippen LogP contribution in [0.3, 0.4) is 0 Å². The lowest BCUT2D eigenvalue weighted by molar-refractivity contribution is -0.724. The van der Waals surface area contributed by atoms with Crippen molar-refractivity contribution in [2.24, 2.45) is 0 Å². The van der Waals surface area contributed by atoms with E-state index in [0.717, 1.165) is 6.42 Å². The first-order chi connectivity index (χ1) is 10.9. The summed E-state index contributed by atoms with van der Waals surface area (Å²) in [6.07, 6.45) is 4.92. The minimum atomic E-state index is 0.0622. The zero-order valence-corrected chi connectivity index (χ0v) is 12.5. The minimum Gasteiger partial charge on any atom is -0.389 e. The molecule has 1 atom stereocenters. The Bertz CT molecular complexity index is 693. The molecule has 0 aliphatic rings. The molecule has 0 aliphatic heterocycles. The van der Waals surface area contributed by atoms with Crippen LogP contribution < -0.4 is 4.57 Å². The summed E-state index contributed by atoms with van der Waals surface area (Å²) in [6.45, 7) is 0.129. The van der Waals surface area contributed by atoms with E-state index < -0.39 is 0 Å². The average Bonchev–Trinajstić information content (AvgIpc) is 2.61. The highest BCUT2D eigenvalue weighted by molar-refractivity contribution is 5.61. The standard InChI is InChI=1S/C20H20NO/c22-16-20(15-17-7-3-1-4-8-17)21-13-11-19(12-14-21)18-9-5-2-6-10-18/h1-14,20,22H,15-16H2/q+1. The highest BCUT2D eigenvalue weighted by atomic mass is 16.3. The first kappa shape index (κ1) is 14.5. The molecule has 0 saturated carbocycles. The zero-order valence-electron chi connectivity index (χ0n) is 12.5. The molecule has 2 nitrogen and oxygen atoms in total. The lowest BCUT2D eigenvalue weighted by atomic mass is 10.0. The molecule has 2 heteroatoms. The maximum Gasteiger partial charge on any atom is 0.185 e. The van der Waals surface area contributed by atoms with Crippen molar-refractivity contribution in [1.29, 1.82) is 0 Å². The fourth-order valence-electron chi connectivity index (χ4n) is 2.65. The summed E-state index contributed by atoms with van der Waals surface area (Å²) in [5.41, 5.74) is 3.63. The second kappa shape index (κ2) is 7.01. The van der Waals surface area contributed by atoms with Crippen LogP contribution in [0.25, 0.3) is 11.1 Å². The molecule has 3 rings (SSSR count). The van der Waals surface area contributed by atoms with Gasteiger partial charge in [-0.3, -0.25) is 0 Å². The number of nitrogens with zero attached hydrogens (tertiary/aromatic N) is 1. The molecule has 110 valence electrons. The van der Waals surface area contributed by atoms with Crippen LogP contribution in [0.2, 0.25) is 0 Å². The number of aromatic nitrogens is 1. The molecule has 2 aromatic carbocycles. The van der Waals surface area contributed by atoms with Gasteiger partial charge in [0.25, 0.3) is 0 Å². The SMILES string of the molecule is OCC(Cc1ccccc1)[n+]1ccc(-c2ccccc2)cc1. The zero-order chi connectivity index (χ0) is 15.2. The summed E-state index contributed by atoms with van der Waals surface area (Å²) in [5.74, 6) is 0. The van der Waals surface area contributed by atoms with Crippen molar-refractivity contribution >= 4 is 0 Å². The number of aliphatic hydroxyl groups excluding tert-OH is 1. The normalized spacial score (nSPS) is 12.0. The lowest BCUT2D eigenvalue weighted by Gasteiger charge is -2.10. The van der Waals surface area contributed by atoms with E-state index in [1.807, 2.05) is 48.8 Å². The molecule has 1 unspecified atom stereocenters. The van der Waals surface area contributed by atoms with E-state index >= 15 is 0 Å². The highest BCUT2D eigenvalue weighted by Gasteiger charge is 2.17. The molecule has 0 aliphatic carbocycles. The largest absolute Gasteiger partial charge is 0.389 e. The summed E-state index contributed by atoms with van der Waals surface area (Å²) < 4.78 is 2.08. The summed E-state index contributed by atoms with van der Waals surface area (Å²) in [7, 11) is 0. The number of benzene rings is 2. The van der Waals surface area contributed by atoms with Crippen LogP contribution in [0.1, 0.15) is 11.6 Å². The third kappa shape index (κ3) is 3.41. The van der Waals surface area contributed by atoms with Gasteiger partial charge in [-0.2, -0.15) is 4.57 Å². The highest BCUT2D eigenvalue weighted by Crippen LogP contribution is 2.17. The molecule has 0 amide bonds. The van der Waals surface area contributed by atoms with Gasteiger partial charge in [0.15, 0.2) is 18.4 Å². The van der Waals surface area contributed by atoms with Crippen LogP contribution in [0.15, 0.2) is 85.2 Å². The third-order valence-electron chi connectivity index (χ3n) is 3.91. The van der Waals surface area contributed by atoms with Crippen LogP contribution in [0.4, 0.5) is 0 Å². The predicted octanol–water partition coefficient (Wildman–Crippen LogP) is 3.42. The Morgan fingerprint density at radius 1 is 0.727 bits per heavy atom. The Labute approximate surface area is 131 Å². The van der Waals surface area contributed by atoms with Gasteiger partial charge in [0.05, 0.1) is 0 Å². The van der Waals surface area contributed by atoms with E-state index in [4.69, 9.17) is 0 Å². The Kier molecular flexibility index (Phi) is 4.62. The Morgan fingerprint density at radius 2 is 1.27 bits per heavy atom. The van der Waals surface area contributed by atoms with Crippen molar-refractivity contribution in [2.45, 2.75) is 12.5 Å². The number of aliphatic hydroxyl groups is 1. The minimum absolute atomic E-state index is 0.0622. The van der Waals surface area contributed by atoms with Gasteiger partial charge in [-0.15, -0.1) is 0 Å². The molecule has 3 aromatic rings. The topological polar surface area (TPSA) is 24.1 Å². The Morgan fingerprint density at radius 3 is 1.86 bits per heavy atom. The molecule has 0 bridgehead atoms. The molecule has 0 spiro atoms. The molecule has 0 saturated heterocycles. The van der Waals surface area contributed by atoms with E-state index in [-0.39, 0.29) is 12.6 Å². The van der Waals surface area contributed by atoms with E-state index in [0.29, 0.717) is 0 Å². The van der Waals surface area contributed by atoms with Crippen LogP contribution >= 0.6 is 0 Å². The summed E-state index contributed by atoms with van der Waals surface area (Å²) in [6, 6.07) is 24.9. The smallest absolute Gasteiger partial charge is 0.185 e. The van der Waals surface area contributed by atoms with Gasteiger partial charge in [-0.25, -0.2) is 0 Å². The predicted molar refractivity (Wildman–Crippen MR) is 88.3 cm³/mol. The van der Waals surface area contributed by atoms with Gasteiger partial charge in [0, 0.05) is 18.6 Å². The number of hydrogen-bond acceptors (Lipinski definition) is 1. The van der Waals surface area contributed by atoms with Gasteiger partial charge < -0.3 is 5.11 Å². The first-order valence-electron chi connectivity index (χ1n) is 7.58. The Balaban J connectivity index is 1.79. The monoisotopic (exact) mass is 290 g/mol. The summed E-state index contributed by atoms with van der Waals surface area (Å²) in [5, 5.41) is 9.71. The van der Waals surface area contributed by atoms with Crippen molar-refractivity contribution in [1.82, 2.24) is 0 Å². The molecule has 1 N–H and O–H groups in total. The Hall–Kier alpha value is -2.45. The molecular weight excluding hydrogens is 270 g/mol. The third-order valence-corrected chi connectivity index (χ3v) is 3.91. The van der Waals surface area contributed by atoms with Crippen molar-refractivity contribution < 1.29 is 9.67 Å². The number of rotatable bonds is 5. The van der Waals surface area contributed by atoms with Gasteiger partial charge in [-0.1, -0.05) is 60.7 Å². The molecule has 1 aromatic heterocycles. The van der Waals surface area contributed by atoms with Crippen LogP contribution in [-0.4, -0.2) is 11.7 Å². The second-order valence-corrected chi connectivity index (χ2v) is 5.43. The van der Waals surface area contributed by atoms with Crippen LogP contribution in [0.5, 0.6) is 0 Å². The van der Waals surface area contributed by atoms with Crippen molar-refractivity contribution in [3.63, 3.8) is 0 Å². The van der Waals surface area contributed by atoms with Gasteiger partial charge in [0.1, 0.15) is 6.61 Å². The van der Waals surface area contributed by atoms with Gasteiger partial charge in [0.2, 0.25) is 0 Å². The number of hydrogen-bond donors (Lipinski definition) is 1. The van der Waals surface area contributed by atoms with E-state index in [9.17, 15) is 5.11 Å². The molecular formula is C20H20NO+. The lowest BCUT2D eigenvalue weighted by Crippen LogP contribution is -2.42. The van der Waals surface area contributed by atoms with E-state index in [2.05, 4.69) is 41.0 Å². The van der Waals surface area contributed by atoms with Gasteiger partial charge >= 0.3 is 0 Å². The number of pyridine rings is 1. The second-order valence-electron chi connectivity index (χ2n) is 5.43.